The predicted octanol–water partition coefficient (Wildman–Crippen LogP) is -9.63. The molecule has 34 N–H and O–H groups in total. The van der Waals surface area contributed by atoms with Gasteiger partial charge in [0.1, 0.15) is 78.5 Å². The van der Waals surface area contributed by atoms with Crippen LogP contribution in [0.1, 0.15) is 148 Å². The molecular formula is C75H125N27O22S. The Morgan fingerprint density at radius 2 is 0.776 bits per heavy atom. The highest BCUT2D eigenvalue weighted by Gasteiger charge is 2.39. The first kappa shape index (κ1) is 107. The Morgan fingerprint density at radius 1 is 0.424 bits per heavy atom. The molecule has 0 fully saturated rings. The number of hydrogen-bond donors (Lipinski definition) is 28. The van der Waals surface area contributed by atoms with E-state index in [0.29, 0.717) is 18.5 Å². The summed E-state index contributed by atoms with van der Waals surface area (Å²) in [6, 6.07) is -22.3. The van der Waals surface area contributed by atoms with Gasteiger partial charge < -0.3 is 149 Å². The summed E-state index contributed by atoms with van der Waals surface area (Å²) < 4.78 is 0. The van der Waals surface area contributed by atoms with Crippen LogP contribution in [0.25, 0.3) is 0 Å². The van der Waals surface area contributed by atoms with Gasteiger partial charge in [-0.15, -0.1) is 0 Å². The number of guanidine groups is 1. The molecule has 3 heterocycles. The standard InChI is InChI=1S/C75H125N27O22S/c1-38(2)24-44(78)61(110)100-55(33-103)72(121)99-52(26-41-29-82-35-87-41)68(117)96-51(25-39(3)4)67(116)93-48(15-17-57(79)106)65(114)94-49(19-23-125-6)66(115)97-53(27-42-30-83-36-88-42)69(118)101-56(34-104)71(120)92-46(14-11-22-85-75(80)81)62(111)91-45(12-7-9-20-76)63(112)98-54(28-43-31-84-37-89-43)70(119)102-60(40(5)105)73(122)86-32-58(107)90-47(16-18-59(108)109)64(113)95-50(74(123)124)13-8-10-21-77/h29-31,35-40,44-56,60,103-105H,7-28,32-34,76-78H2,1-6H3,(H2,79,106)(H,82,87)(H,83,88)(H,84,89)(H,86,122)(H,90,107)(H,91,111)(H,92,120)(H,93,116)(H,94,114)(H,95,113)(H,96,117)(H,97,115)(H,98,112)(H,99,121)(H,100,110)(H,101,118)(H,102,119)(H,108,109)(H,123,124)(H4,80,81,85)/t40-,44+,45+,46+,47+,48+,49+,50+,51+,52+,53+,54+,55+,56+,60+/m1/s1. The average Bonchev–Trinajstić information content (AvgIpc) is 1.05. The molecule has 125 heavy (non-hydrogen) atoms. The fourth-order valence-corrected chi connectivity index (χ4v) is 12.7. The van der Waals surface area contributed by atoms with Crippen LogP contribution in [0.15, 0.2) is 42.6 Å². The van der Waals surface area contributed by atoms with Crippen molar-refractivity contribution in [3.05, 3.63) is 54.7 Å². The Labute approximate surface area is 724 Å². The van der Waals surface area contributed by atoms with E-state index in [2.05, 4.69) is 109 Å². The zero-order valence-corrected chi connectivity index (χ0v) is 71.6. The van der Waals surface area contributed by atoms with Gasteiger partial charge in [-0.05, 0) is 127 Å². The minimum Gasteiger partial charge on any atom is -0.481 e. The van der Waals surface area contributed by atoms with E-state index in [-0.39, 0.29) is 119 Å². The largest absolute Gasteiger partial charge is 0.481 e. The lowest BCUT2D eigenvalue weighted by Gasteiger charge is -2.28. The van der Waals surface area contributed by atoms with Gasteiger partial charge in [0.05, 0.1) is 50.9 Å². The Kier molecular flexibility index (Phi) is 49.3. The summed E-state index contributed by atoms with van der Waals surface area (Å²) in [5, 5.41) is 85.2. The molecule has 0 aliphatic carbocycles. The first-order chi connectivity index (χ1) is 59.2. The molecule has 15 amide bonds. The van der Waals surface area contributed by atoms with E-state index in [0.717, 1.165) is 6.92 Å². The highest BCUT2D eigenvalue weighted by atomic mass is 32.2. The van der Waals surface area contributed by atoms with Gasteiger partial charge in [0, 0.05) is 74.3 Å². The molecule has 0 spiro atoms. The second-order valence-electron chi connectivity index (χ2n) is 30.4. The number of hydrogen-bond acceptors (Lipinski definition) is 28. The maximum absolute atomic E-state index is 14.7. The third-order valence-electron chi connectivity index (χ3n) is 18.9. The average molecular weight is 1790 g/mol. The summed E-state index contributed by atoms with van der Waals surface area (Å²) in [5.41, 5.74) is 34.9. The van der Waals surface area contributed by atoms with Crippen LogP contribution in [0.3, 0.4) is 0 Å². The molecule has 0 saturated heterocycles. The number of aromatic nitrogens is 6. The van der Waals surface area contributed by atoms with Crippen LogP contribution in [-0.4, -0.2) is 304 Å². The summed E-state index contributed by atoms with van der Waals surface area (Å²) >= 11 is 1.24. The number of H-pyrrole nitrogens is 3. The second kappa shape index (κ2) is 57.4. The number of carbonyl (C=O) groups is 17. The number of nitrogens with zero attached hydrogens (tertiary/aromatic N) is 4. The van der Waals surface area contributed by atoms with Crippen molar-refractivity contribution < 1.29 is 107 Å². The minimum atomic E-state index is -1.94. The highest BCUT2D eigenvalue weighted by molar-refractivity contribution is 7.98. The maximum Gasteiger partial charge on any atom is 0.326 e. The Bertz CT molecular complexity index is 3990. The smallest absolute Gasteiger partial charge is 0.326 e. The molecule has 3 rings (SSSR count). The normalized spacial score (nSPS) is 14.8. The van der Waals surface area contributed by atoms with Crippen molar-refractivity contribution in [2.75, 3.05) is 51.4 Å². The summed E-state index contributed by atoms with van der Waals surface area (Å²) in [6.45, 7) is 5.37. The van der Waals surface area contributed by atoms with E-state index in [4.69, 9.17) is 34.4 Å². The summed E-state index contributed by atoms with van der Waals surface area (Å²) in [4.78, 5) is 258. The monoisotopic (exact) mass is 1790 g/mol. The van der Waals surface area contributed by atoms with E-state index in [1.807, 2.05) is 13.8 Å². The van der Waals surface area contributed by atoms with Crippen LogP contribution in [-0.2, 0) is 101 Å². The molecule has 15 atom stereocenters. The lowest BCUT2D eigenvalue weighted by Crippen LogP contribution is -2.62. The zero-order chi connectivity index (χ0) is 93.4. The molecule has 0 aliphatic rings. The first-order valence-electron chi connectivity index (χ1n) is 40.7. The third kappa shape index (κ3) is 41.4. The van der Waals surface area contributed by atoms with Crippen molar-refractivity contribution in [2.24, 2.45) is 51.2 Å². The number of primary amides is 1. The number of amides is 15. The van der Waals surface area contributed by atoms with E-state index < -0.39 is 250 Å². The number of carboxylic acids is 2. The molecule has 0 saturated carbocycles. The van der Waals surface area contributed by atoms with Crippen LogP contribution in [0.2, 0.25) is 0 Å². The first-order valence-corrected chi connectivity index (χ1v) is 42.1. The summed E-state index contributed by atoms with van der Waals surface area (Å²) in [5.74, 6) is -18.8. The van der Waals surface area contributed by atoms with Gasteiger partial charge in [-0.2, -0.15) is 11.8 Å². The third-order valence-corrected chi connectivity index (χ3v) is 19.6. The Balaban J connectivity index is 1.95. The lowest BCUT2D eigenvalue weighted by atomic mass is 10.0. The number of rotatable bonds is 63. The van der Waals surface area contributed by atoms with Gasteiger partial charge in [-0.25, -0.2) is 19.7 Å². The van der Waals surface area contributed by atoms with Crippen molar-refractivity contribution >= 4 is 118 Å². The fraction of sp³-hybridized carbons (Fsp3) is 0.640. The van der Waals surface area contributed by atoms with Gasteiger partial charge in [0.15, 0.2) is 5.96 Å². The van der Waals surface area contributed by atoms with Crippen molar-refractivity contribution in [3.8, 4) is 0 Å². The summed E-state index contributed by atoms with van der Waals surface area (Å²) in [6.07, 6.45) is 5.11. The predicted molar refractivity (Wildman–Crippen MR) is 449 cm³/mol. The van der Waals surface area contributed by atoms with Crippen molar-refractivity contribution in [1.29, 1.82) is 0 Å². The number of aliphatic carboxylic acids is 2. The number of aromatic amines is 3. The number of carbonyl (C=O) groups excluding carboxylic acids is 15. The van der Waals surface area contributed by atoms with Crippen LogP contribution in [0.4, 0.5) is 0 Å². The van der Waals surface area contributed by atoms with Crippen LogP contribution in [0, 0.1) is 11.8 Å². The number of imidazole rings is 3. The van der Waals surface area contributed by atoms with E-state index in [9.17, 15) is 107 Å². The number of unbranched alkanes of at least 4 members (excludes halogenated alkanes) is 2. The molecule has 0 aliphatic heterocycles. The molecule has 0 unspecified atom stereocenters. The molecule has 0 radical (unpaired) electrons. The number of aliphatic hydroxyl groups excluding tert-OH is 3. The number of aliphatic imine (C=N–C) groups is 1. The van der Waals surface area contributed by atoms with Gasteiger partial charge in [-0.3, -0.25) is 81.7 Å². The molecule has 3 aromatic rings. The fourth-order valence-electron chi connectivity index (χ4n) is 12.2. The van der Waals surface area contributed by atoms with Gasteiger partial charge >= 0.3 is 11.9 Å². The van der Waals surface area contributed by atoms with Crippen molar-refractivity contribution in [2.45, 2.75) is 241 Å². The van der Waals surface area contributed by atoms with E-state index in [1.54, 1.807) is 20.1 Å². The Hall–Kier alpha value is -12.0. The SMILES string of the molecule is CSCC[C@H](NC(=O)[C@H](CCC(N)=O)NC(=O)[C@H](CC(C)C)NC(=O)[C@H](Cc1cnc[nH]1)NC(=O)[C@H](CO)NC(=O)[C@@H](N)CC(C)C)C(=O)N[C@@H](Cc1cnc[nH]1)C(=O)N[C@@H](CO)C(=O)N[C@@H](CCCN=C(N)N)C(=O)N[C@@H](CCCCN)C(=O)N[C@@H](Cc1cnc[nH]1)C(=O)N[C@H](C(=O)NCC(=O)N[C@@H](CCC(=O)O)C(=O)N[C@@H](CCCCN)C(=O)O)[C@@H](C)O. The molecule has 3 aromatic heterocycles. The number of carboxylic acid groups (broad SMARTS) is 2. The van der Waals surface area contributed by atoms with Crippen LogP contribution in [0.5, 0.6) is 0 Å². The quantitative estimate of drug-likeness (QED) is 0.0142. The highest BCUT2D eigenvalue weighted by Crippen LogP contribution is 2.15. The van der Waals surface area contributed by atoms with Gasteiger partial charge in [0.2, 0.25) is 88.6 Å². The van der Waals surface area contributed by atoms with Gasteiger partial charge in [0.25, 0.3) is 0 Å². The molecule has 50 heteroatoms. The topological polar surface area (TPSA) is 814 Å². The minimum absolute atomic E-state index is 0.00142. The number of nitrogens with two attached hydrogens (primary N) is 6. The van der Waals surface area contributed by atoms with E-state index >= 15 is 0 Å². The zero-order valence-electron chi connectivity index (χ0n) is 70.8. The van der Waals surface area contributed by atoms with Crippen molar-refractivity contribution in [3.63, 3.8) is 0 Å². The summed E-state index contributed by atoms with van der Waals surface area (Å²) in [7, 11) is 0. The lowest BCUT2D eigenvalue weighted by molar-refractivity contribution is -0.143. The van der Waals surface area contributed by atoms with E-state index in [1.165, 1.54) is 49.3 Å². The molecule has 698 valence electrons. The molecule has 49 nitrogen and oxygen atoms in total. The molecular weight excluding hydrogens is 1660 g/mol. The number of aliphatic hydroxyl groups is 3. The second-order valence-corrected chi connectivity index (χ2v) is 31.4. The van der Waals surface area contributed by atoms with Crippen LogP contribution < -0.4 is 109 Å². The van der Waals surface area contributed by atoms with Crippen molar-refractivity contribution in [1.82, 2.24) is 104 Å². The number of nitrogens with one attached hydrogen (secondary N) is 17. The maximum atomic E-state index is 14.7. The van der Waals surface area contributed by atoms with Crippen LogP contribution >= 0.6 is 11.8 Å². The molecule has 0 aromatic carbocycles. The van der Waals surface area contributed by atoms with Gasteiger partial charge in [-0.1, -0.05) is 27.7 Å². The Morgan fingerprint density at radius 3 is 1.16 bits per heavy atom. The molecule has 0 bridgehead atoms. The number of thioether (sulfide) groups is 1.